The molecule has 0 aliphatic carbocycles. The summed E-state index contributed by atoms with van der Waals surface area (Å²) in [7, 11) is 0. The van der Waals surface area contributed by atoms with E-state index in [0.29, 0.717) is 19.5 Å². The highest BCUT2D eigenvalue weighted by Crippen LogP contribution is 2.28. The van der Waals surface area contributed by atoms with Crippen LogP contribution in [0.2, 0.25) is 0 Å². The normalized spacial score (nSPS) is 26.8. The van der Waals surface area contributed by atoms with Gasteiger partial charge in [0.05, 0.1) is 29.0 Å². The van der Waals surface area contributed by atoms with E-state index in [4.69, 9.17) is 0 Å². The van der Waals surface area contributed by atoms with Crippen molar-refractivity contribution in [1.29, 1.82) is 0 Å². The molecule has 4 nitrogen and oxygen atoms in total. The second kappa shape index (κ2) is 4.28. The summed E-state index contributed by atoms with van der Waals surface area (Å²) in [5.41, 5.74) is 0.276. The summed E-state index contributed by atoms with van der Waals surface area (Å²) in [6.07, 6.45) is 2.54. The molecule has 0 bridgehead atoms. The van der Waals surface area contributed by atoms with E-state index in [-0.39, 0.29) is 0 Å². The van der Waals surface area contributed by atoms with Crippen molar-refractivity contribution < 1.29 is 9.66 Å². The summed E-state index contributed by atoms with van der Waals surface area (Å²) >= 11 is -1.19. The lowest BCUT2D eigenvalue weighted by molar-refractivity contribution is 0.0763. The van der Waals surface area contributed by atoms with Crippen LogP contribution in [0, 0.1) is 0 Å². The van der Waals surface area contributed by atoms with E-state index in [1.807, 2.05) is 34.8 Å². The molecule has 2 atom stereocenters. The van der Waals surface area contributed by atoms with E-state index in [1.54, 1.807) is 6.92 Å². The third-order valence-corrected chi connectivity index (χ3v) is 4.82. The molecule has 0 amide bonds. The Balaban J connectivity index is 1.85. The van der Waals surface area contributed by atoms with Crippen LogP contribution in [0.3, 0.4) is 0 Å². The molecule has 18 heavy (non-hydrogen) atoms. The van der Waals surface area contributed by atoms with Crippen LogP contribution >= 0.6 is 0 Å². The van der Waals surface area contributed by atoms with Gasteiger partial charge < -0.3 is 14.6 Å². The van der Waals surface area contributed by atoms with Gasteiger partial charge in [-0.25, -0.2) is 0 Å². The van der Waals surface area contributed by atoms with E-state index in [0.717, 1.165) is 15.8 Å². The number of benzene rings is 1. The quantitative estimate of drug-likeness (QED) is 0.811. The molecule has 2 heterocycles. The number of hydrogen-bond donors (Lipinski definition) is 2. The Labute approximate surface area is 109 Å². The van der Waals surface area contributed by atoms with Crippen LogP contribution in [0.1, 0.15) is 13.3 Å². The first-order chi connectivity index (χ1) is 8.55. The van der Waals surface area contributed by atoms with Gasteiger partial charge in [-0.2, -0.15) is 0 Å². The fourth-order valence-electron chi connectivity index (χ4n) is 2.33. The first-order valence-corrected chi connectivity index (χ1v) is 7.12. The number of β-amino-alcohol motifs (C(OH)–C–C–N with tert-alkyl or cyclic N) is 1. The number of nitrogens with one attached hydrogen (secondary N) is 1. The predicted octanol–water partition coefficient (Wildman–Crippen LogP) is 1.65. The minimum Gasteiger partial charge on any atom is -0.593 e. The number of fused-ring (bicyclic) bond motifs is 1. The minimum atomic E-state index is -1.19. The summed E-state index contributed by atoms with van der Waals surface area (Å²) in [4.78, 5) is 3.90. The number of rotatable bonds is 2. The maximum atomic E-state index is 12.4. The van der Waals surface area contributed by atoms with Crippen molar-refractivity contribution in [2.75, 3.05) is 13.1 Å². The van der Waals surface area contributed by atoms with E-state index in [1.165, 1.54) is 0 Å². The molecule has 1 aliphatic rings. The molecule has 2 unspecified atom stereocenters. The molecular formula is C13H16N2O2S. The zero-order valence-electron chi connectivity index (χ0n) is 10.2. The lowest BCUT2D eigenvalue weighted by atomic mass is 10.1. The van der Waals surface area contributed by atoms with Crippen LogP contribution < -0.4 is 0 Å². The van der Waals surface area contributed by atoms with Gasteiger partial charge in [0.2, 0.25) is 0 Å². The Hall–Kier alpha value is -1.01. The first-order valence-electron chi connectivity index (χ1n) is 6.02. The summed E-state index contributed by atoms with van der Waals surface area (Å²) in [6.45, 7) is 2.92. The fraction of sp³-hybridized carbons (Fsp3) is 0.385. The average molecular weight is 264 g/mol. The molecular weight excluding hydrogens is 248 g/mol. The smallest absolute Gasteiger partial charge is 0.176 e. The fourth-order valence-corrected chi connectivity index (χ4v) is 3.68. The Morgan fingerprint density at radius 1 is 1.44 bits per heavy atom. The van der Waals surface area contributed by atoms with E-state index >= 15 is 0 Å². The summed E-state index contributed by atoms with van der Waals surface area (Å²) in [5.74, 6) is 0. The minimum absolute atomic E-state index is 0.461. The second-order valence-corrected chi connectivity index (χ2v) is 6.57. The molecule has 0 spiro atoms. The van der Waals surface area contributed by atoms with Gasteiger partial charge in [0, 0.05) is 18.8 Å². The summed E-state index contributed by atoms with van der Waals surface area (Å²) in [5, 5.41) is 11.0. The molecule has 0 radical (unpaired) electrons. The highest BCUT2D eigenvalue weighted by molar-refractivity contribution is 7.89. The predicted molar refractivity (Wildman–Crippen MR) is 71.5 cm³/mol. The Morgan fingerprint density at radius 3 is 3.00 bits per heavy atom. The van der Waals surface area contributed by atoms with Crippen LogP contribution in [0.5, 0.6) is 0 Å². The SMILES string of the molecule is CC1(O)CCN([S+]([O-])c2ccc3cc[nH]c3c2)C1. The van der Waals surface area contributed by atoms with Crippen molar-refractivity contribution in [3.63, 3.8) is 0 Å². The van der Waals surface area contributed by atoms with Gasteiger partial charge in [-0.3, -0.25) is 0 Å². The molecule has 3 rings (SSSR count). The van der Waals surface area contributed by atoms with Crippen LogP contribution in [0.15, 0.2) is 35.4 Å². The number of aliphatic hydroxyl groups is 1. The van der Waals surface area contributed by atoms with Crippen LogP contribution in [0.25, 0.3) is 10.9 Å². The van der Waals surface area contributed by atoms with Crippen molar-refractivity contribution in [2.24, 2.45) is 0 Å². The Morgan fingerprint density at radius 2 is 2.28 bits per heavy atom. The van der Waals surface area contributed by atoms with Gasteiger partial charge in [-0.15, -0.1) is 4.31 Å². The molecule has 1 fully saturated rings. The van der Waals surface area contributed by atoms with Crippen molar-refractivity contribution in [2.45, 2.75) is 23.8 Å². The van der Waals surface area contributed by atoms with Crippen molar-refractivity contribution in [1.82, 2.24) is 9.29 Å². The van der Waals surface area contributed by atoms with Crippen LogP contribution in [-0.2, 0) is 11.4 Å². The number of hydrogen-bond acceptors (Lipinski definition) is 3. The molecule has 0 saturated carbocycles. The maximum Gasteiger partial charge on any atom is 0.176 e. The molecule has 1 aliphatic heterocycles. The first kappa shape index (κ1) is 12.0. The third-order valence-electron chi connectivity index (χ3n) is 3.38. The van der Waals surface area contributed by atoms with Crippen LogP contribution in [0.4, 0.5) is 0 Å². The largest absolute Gasteiger partial charge is 0.593 e. The lowest BCUT2D eigenvalue weighted by Crippen LogP contribution is -2.33. The van der Waals surface area contributed by atoms with Gasteiger partial charge >= 0.3 is 0 Å². The molecule has 5 heteroatoms. The summed E-state index contributed by atoms with van der Waals surface area (Å²) in [6, 6.07) is 7.76. The Bertz CT molecular complexity index is 567. The molecule has 1 aromatic carbocycles. The highest BCUT2D eigenvalue weighted by atomic mass is 32.2. The van der Waals surface area contributed by atoms with E-state index in [9.17, 15) is 9.66 Å². The second-order valence-electron chi connectivity index (χ2n) is 5.09. The topological polar surface area (TPSA) is 62.3 Å². The molecule has 2 aromatic rings. The van der Waals surface area contributed by atoms with E-state index in [2.05, 4.69) is 4.98 Å². The molecule has 2 N–H and O–H groups in total. The van der Waals surface area contributed by atoms with Gasteiger partial charge in [-0.1, -0.05) is 0 Å². The van der Waals surface area contributed by atoms with Gasteiger partial charge in [0.1, 0.15) is 0 Å². The number of aromatic nitrogens is 1. The van der Waals surface area contributed by atoms with Gasteiger partial charge in [0.25, 0.3) is 0 Å². The highest BCUT2D eigenvalue weighted by Gasteiger charge is 2.38. The number of nitrogens with zero attached hydrogens (tertiary/aromatic N) is 1. The lowest BCUT2D eigenvalue weighted by Gasteiger charge is -2.20. The summed E-state index contributed by atoms with van der Waals surface area (Å²) < 4.78 is 14.2. The monoisotopic (exact) mass is 264 g/mol. The van der Waals surface area contributed by atoms with Gasteiger partial charge in [0.15, 0.2) is 4.90 Å². The number of H-pyrrole nitrogens is 1. The van der Waals surface area contributed by atoms with Crippen molar-refractivity contribution in [3.8, 4) is 0 Å². The third kappa shape index (κ3) is 2.14. The van der Waals surface area contributed by atoms with Crippen molar-refractivity contribution in [3.05, 3.63) is 30.5 Å². The van der Waals surface area contributed by atoms with E-state index < -0.39 is 17.0 Å². The zero-order chi connectivity index (χ0) is 12.8. The van der Waals surface area contributed by atoms with Crippen LogP contribution in [-0.4, -0.2) is 37.6 Å². The number of aromatic amines is 1. The maximum absolute atomic E-state index is 12.4. The standard InChI is InChI=1S/C13H16N2O2S/c1-13(16)5-7-15(9-13)18(17)11-3-2-10-4-6-14-12(10)8-11/h2-4,6,8,14,16H,5,7,9H2,1H3. The zero-order valence-corrected chi connectivity index (χ0v) is 11.0. The molecule has 96 valence electrons. The molecule has 1 aromatic heterocycles. The average Bonchev–Trinajstić information content (AvgIpc) is 2.93. The van der Waals surface area contributed by atoms with Crippen molar-refractivity contribution >= 4 is 22.3 Å². The Kier molecular flexibility index (Phi) is 2.86. The molecule has 1 saturated heterocycles. The van der Waals surface area contributed by atoms with Gasteiger partial charge in [-0.05, 0) is 36.9 Å².